The smallest absolute Gasteiger partial charge is 0.317 e. The van der Waals surface area contributed by atoms with E-state index in [1.54, 1.807) is 28.4 Å². The van der Waals surface area contributed by atoms with E-state index in [0.717, 1.165) is 19.4 Å². The van der Waals surface area contributed by atoms with Crippen LogP contribution in [0.4, 0.5) is 10.5 Å². The quantitative estimate of drug-likeness (QED) is 0.791. The normalized spacial score (nSPS) is 17.2. The average Bonchev–Trinajstić information content (AvgIpc) is 3.35. The summed E-state index contributed by atoms with van der Waals surface area (Å²) in [5.74, 6) is 0.613. The largest absolute Gasteiger partial charge is 0.322 e. The molecule has 3 aromatic rings. The Morgan fingerprint density at radius 3 is 3.04 bits per heavy atom. The van der Waals surface area contributed by atoms with Crippen LogP contribution in [0.1, 0.15) is 24.4 Å². The van der Waals surface area contributed by atoms with Gasteiger partial charge in [-0.1, -0.05) is 0 Å². The highest BCUT2D eigenvalue weighted by atomic mass is 32.1. The Morgan fingerprint density at radius 2 is 2.25 bits per heavy atom. The fourth-order valence-corrected chi connectivity index (χ4v) is 3.79. The molecule has 7 heteroatoms. The standard InChI is InChI=1S/C17H17N5OS/c23-17(21-9-2-5-15(21)13-6-11-24-12-13)20-14-4-1-7-18-16(14)22-10-3-8-19-22/h1,3-4,6-8,10-12,15H,2,5,9H2,(H,20,23)/t15-/m1/s1. The summed E-state index contributed by atoms with van der Waals surface area (Å²) in [6, 6.07) is 7.64. The van der Waals surface area contributed by atoms with Crippen molar-refractivity contribution in [2.24, 2.45) is 0 Å². The monoisotopic (exact) mass is 339 g/mol. The van der Waals surface area contributed by atoms with Crippen LogP contribution in [0.3, 0.4) is 0 Å². The molecule has 24 heavy (non-hydrogen) atoms. The van der Waals surface area contributed by atoms with Crippen LogP contribution in [0, 0.1) is 0 Å². The number of hydrogen-bond acceptors (Lipinski definition) is 4. The van der Waals surface area contributed by atoms with Crippen LogP contribution in [-0.2, 0) is 0 Å². The van der Waals surface area contributed by atoms with E-state index in [9.17, 15) is 4.79 Å². The molecule has 0 spiro atoms. The molecule has 1 saturated heterocycles. The van der Waals surface area contributed by atoms with Gasteiger partial charge < -0.3 is 10.2 Å². The minimum Gasteiger partial charge on any atom is -0.317 e. The second kappa shape index (κ2) is 6.45. The molecule has 6 nitrogen and oxygen atoms in total. The number of urea groups is 1. The summed E-state index contributed by atoms with van der Waals surface area (Å²) in [6.07, 6.45) is 7.21. The zero-order valence-corrected chi connectivity index (χ0v) is 13.8. The first-order chi connectivity index (χ1) is 11.8. The van der Waals surface area contributed by atoms with E-state index in [1.165, 1.54) is 5.56 Å². The van der Waals surface area contributed by atoms with Crippen molar-refractivity contribution in [2.75, 3.05) is 11.9 Å². The predicted molar refractivity (Wildman–Crippen MR) is 93.4 cm³/mol. The van der Waals surface area contributed by atoms with Crippen molar-refractivity contribution >= 4 is 23.1 Å². The summed E-state index contributed by atoms with van der Waals surface area (Å²) in [7, 11) is 0. The number of carbonyl (C=O) groups excluding carboxylic acids is 1. The van der Waals surface area contributed by atoms with Gasteiger partial charge in [-0.05, 0) is 53.4 Å². The lowest BCUT2D eigenvalue weighted by Gasteiger charge is -2.25. The van der Waals surface area contributed by atoms with E-state index in [-0.39, 0.29) is 12.1 Å². The summed E-state index contributed by atoms with van der Waals surface area (Å²) in [6.45, 7) is 0.768. The number of aromatic nitrogens is 3. The highest BCUT2D eigenvalue weighted by Crippen LogP contribution is 2.33. The topological polar surface area (TPSA) is 63.1 Å². The number of rotatable bonds is 3. The lowest BCUT2D eigenvalue weighted by Crippen LogP contribution is -2.34. The SMILES string of the molecule is O=C(Nc1cccnc1-n1cccn1)N1CCC[C@@H]1c1ccsc1. The third-order valence-corrected chi connectivity index (χ3v) is 4.89. The van der Waals surface area contributed by atoms with E-state index in [1.807, 2.05) is 29.3 Å². The third kappa shape index (κ3) is 2.78. The number of hydrogen-bond donors (Lipinski definition) is 1. The molecular formula is C17H17N5OS. The fourth-order valence-electron chi connectivity index (χ4n) is 3.08. The van der Waals surface area contributed by atoms with Gasteiger partial charge in [0.15, 0.2) is 5.82 Å². The zero-order chi connectivity index (χ0) is 16.4. The number of carbonyl (C=O) groups is 1. The minimum atomic E-state index is -0.0925. The molecule has 4 rings (SSSR count). The van der Waals surface area contributed by atoms with Crippen LogP contribution in [0.5, 0.6) is 0 Å². The van der Waals surface area contributed by atoms with Crippen molar-refractivity contribution in [1.29, 1.82) is 0 Å². The first-order valence-electron chi connectivity index (χ1n) is 7.87. The fraction of sp³-hybridized carbons (Fsp3) is 0.235. The molecule has 2 amide bonds. The van der Waals surface area contributed by atoms with Gasteiger partial charge in [-0.15, -0.1) is 0 Å². The molecule has 0 aliphatic carbocycles. The Balaban J connectivity index is 1.57. The second-order valence-corrected chi connectivity index (χ2v) is 6.44. The van der Waals surface area contributed by atoms with Crippen molar-refractivity contribution in [3.05, 3.63) is 59.2 Å². The first kappa shape index (κ1) is 14.9. The van der Waals surface area contributed by atoms with Gasteiger partial charge in [0.2, 0.25) is 0 Å². The number of pyridine rings is 1. The van der Waals surface area contributed by atoms with Crippen LogP contribution >= 0.6 is 11.3 Å². The van der Waals surface area contributed by atoms with E-state index >= 15 is 0 Å². The second-order valence-electron chi connectivity index (χ2n) is 5.66. The maximum atomic E-state index is 12.8. The number of nitrogens with zero attached hydrogens (tertiary/aromatic N) is 4. The Labute approximate surface area is 143 Å². The van der Waals surface area contributed by atoms with Crippen LogP contribution in [0.15, 0.2) is 53.6 Å². The van der Waals surface area contributed by atoms with Gasteiger partial charge in [-0.25, -0.2) is 14.5 Å². The Bertz CT molecular complexity index is 815. The van der Waals surface area contributed by atoms with Crippen LogP contribution in [0.2, 0.25) is 0 Å². The molecule has 3 aromatic heterocycles. The van der Waals surface area contributed by atoms with Gasteiger partial charge in [0.1, 0.15) is 0 Å². The Kier molecular flexibility index (Phi) is 4.00. The van der Waals surface area contributed by atoms with E-state index < -0.39 is 0 Å². The molecule has 0 unspecified atom stereocenters. The van der Waals surface area contributed by atoms with E-state index in [2.05, 4.69) is 32.2 Å². The molecule has 1 atom stereocenters. The lowest BCUT2D eigenvalue weighted by atomic mass is 10.1. The molecular weight excluding hydrogens is 322 g/mol. The van der Waals surface area contributed by atoms with Crippen molar-refractivity contribution in [2.45, 2.75) is 18.9 Å². The number of nitrogens with one attached hydrogen (secondary N) is 1. The molecule has 4 heterocycles. The average molecular weight is 339 g/mol. The van der Waals surface area contributed by atoms with E-state index in [0.29, 0.717) is 11.5 Å². The van der Waals surface area contributed by atoms with Gasteiger partial charge in [0.05, 0.1) is 11.7 Å². The zero-order valence-electron chi connectivity index (χ0n) is 13.0. The number of anilines is 1. The predicted octanol–water partition coefficient (Wildman–Crippen LogP) is 3.70. The summed E-state index contributed by atoms with van der Waals surface area (Å²) >= 11 is 1.66. The van der Waals surface area contributed by atoms with Crippen LogP contribution in [0.25, 0.3) is 5.82 Å². The molecule has 1 aliphatic rings. The van der Waals surface area contributed by atoms with Crippen molar-refractivity contribution < 1.29 is 4.79 Å². The van der Waals surface area contributed by atoms with Gasteiger partial charge in [-0.2, -0.15) is 16.4 Å². The number of likely N-dealkylation sites (tertiary alicyclic amines) is 1. The highest BCUT2D eigenvalue weighted by Gasteiger charge is 2.30. The molecule has 0 radical (unpaired) electrons. The summed E-state index contributed by atoms with van der Waals surface area (Å²) in [5.41, 5.74) is 1.87. The molecule has 1 fully saturated rings. The summed E-state index contributed by atoms with van der Waals surface area (Å²) in [4.78, 5) is 19.0. The number of thiophene rings is 1. The van der Waals surface area contributed by atoms with Gasteiger partial charge >= 0.3 is 6.03 Å². The first-order valence-corrected chi connectivity index (χ1v) is 8.82. The highest BCUT2D eigenvalue weighted by molar-refractivity contribution is 7.08. The van der Waals surface area contributed by atoms with Crippen molar-refractivity contribution in [3.63, 3.8) is 0 Å². The summed E-state index contributed by atoms with van der Waals surface area (Å²) < 4.78 is 1.65. The van der Waals surface area contributed by atoms with Crippen LogP contribution < -0.4 is 5.32 Å². The van der Waals surface area contributed by atoms with Crippen molar-refractivity contribution in [1.82, 2.24) is 19.7 Å². The molecule has 0 saturated carbocycles. The molecule has 1 aliphatic heterocycles. The van der Waals surface area contributed by atoms with Crippen LogP contribution in [-0.4, -0.2) is 32.2 Å². The Hall–Kier alpha value is -2.67. The maximum absolute atomic E-state index is 12.8. The molecule has 1 N–H and O–H groups in total. The van der Waals surface area contributed by atoms with Crippen molar-refractivity contribution in [3.8, 4) is 5.82 Å². The van der Waals surface area contributed by atoms with Gasteiger partial charge in [0, 0.05) is 25.1 Å². The minimum absolute atomic E-state index is 0.0925. The maximum Gasteiger partial charge on any atom is 0.322 e. The molecule has 122 valence electrons. The van der Waals surface area contributed by atoms with Gasteiger partial charge in [-0.3, -0.25) is 0 Å². The van der Waals surface area contributed by atoms with E-state index in [4.69, 9.17) is 0 Å². The third-order valence-electron chi connectivity index (χ3n) is 4.19. The number of amides is 2. The van der Waals surface area contributed by atoms with Gasteiger partial charge in [0.25, 0.3) is 0 Å². The Morgan fingerprint density at radius 1 is 1.29 bits per heavy atom. The summed E-state index contributed by atoms with van der Waals surface area (Å²) in [5, 5.41) is 11.4. The lowest BCUT2D eigenvalue weighted by molar-refractivity contribution is 0.207. The molecule has 0 bridgehead atoms. The molecule has 0 aromatic carbocycles.